The van der Waals surface area contributed by atoms with Crippen molar-refractivity contribution in [1.82, 2.24) is 10.3 Å². The van der Waals surface area contributed by atoms with Crippen LogP contribution in [0.25, 0.3) is 10.6 Å². The van der Waals surface area contributed by atoms with Crippen LogP contribution < -0.4 is 15.4 Å². The quantitative estimate of drug-likeness (QED) is 0.806. The zero-order chi connectivity index (χ0) is 18.0. The first-order chi connectivity index (χ1) is 11.8. The van der Waals surface area contributed by atoms with Gasteiger partial charge in [0.2, 0.25) is 0 Å². The summed E-state index contributed by atoms with van der Waals surface area (Å²) in [5.74, 6) is 0.657. The molecule has 25 heavy (non-hydrogen) atoms. The molecule has 0 radical (unpaired) electrons. The Labute approximate surface area is 146 Å². The molecule has 0 aliphatic heterocycles. The van der Waals surface area contributed by atoms with Crippen LogP contribution in [0.3, 0.4) is 0 Å². The minimum absolute atomic E-state index is 0.124. The highest BCUT2D eigenvalue weighted by Crippen LogP contribution is 2.32. The summed E-state index contributed by atoms with van der Waals surface area (Å²) in [6, 6.07) is 5.23. The van der Waals surface area contributed by atoms with E-state index in [4.69, 9.17) is 0 Å². The third kappa shape index (κ3) is 5.09. The van der Waals surface area contributed by atoms with Crippen molar-refractivity contribution in [3.63, 3.8) is 0 Å². The molecule has 0 unspecified atom stereocenters. The molecular weight excluding hydrogens is 355 g/mol. The number of carbonyl (C=O) groups excluding carboxylic acids is 1. The molecule has 0 bridgehead atoms. The summed E-state index contributed by atoms with van der Waals surface area (Å²) in [5, 5.41) is 7.79. The average Bonchev–Trinajstić information content (AvgIpc) is 3.27. The van der Waals surface area contributed by atoms with E-state index in [-0.39, 0.29) is 17.8 Å². The van der Waals surface area contributed by atoms with E-state index in [1.165, 1.54) is 35.6 Å². The van der Waals surface area contributed by atoms with Crippen molar-refractivity contribution >= 4 is 23.2 Å². The lowest BCUT2D eigenvalue weighted by atomic mass is 10.2. The molecule has 3 rings (SSSR count). The maximum Gasteiger partial charge on any atom is 0.573 e. The maximum absolute atomic E-state index is 12.2. The lowest BCUT2D eigenvalue weighted by Crippen LogP contribution is -2.37. The number of nitrogens with zero attached hydrogens (tertiary/aromatic N) is 1. The molecule has 0 saturated heterocycles. The summed E-state index contributed by atoms with van der Waals surface area (Å²) in [6.45, 7) is 1.97. The zero-order valence-electron chi connectivity index (χ0n) is 13.3. The minimum atomic E-state index is -4.72. The Hall–Kier alpha value is -2.29. The average molecular weight is 371 g/mol. The molecule has 1 aliphatic carbocycles. The van der Waals surface area contributed by atoms with Crippen LogP contribution >= 0.6 is 11.3 Å². The molecule has 1 fully saturated rings. The second kappa shape index (κ2) is 6.91. The van der Waals surface area contributed by atoms with Gasteiger partial charge in [-0.1, -0.05) is 0 Å². The number of alkyl halides is 3. The second-order valence-corrected chi connectivity index (χ2v) is 6.69. The van der Waals surface area contributed by atoms with E-state index >= 15 is 0 Å². The van der Waals surface area contributed by atoms with Gasteiger partial charge in [0, 0.05) is 17.0 Å². The van der Waals surface area contributed by atoms with Crippen molar-refractivity contribution in [2.24, 2.45) is 5.92 Å². The van der Waals surface area contributed by atoms with E-state index < -0.39 is 6.36 Å². The number of hydrogen-bond donors (Lipinski definition) is 2. The summed E-state index contributed by atoms with van der Waals surface area (Å²) < 4.78 is 40.3. The van der Waals surface area contributed by atoms with Crippen LogP contribution in [-0.4, -0.2) is 23.4 Å². The minimum Gasteiger partial charge on any atom is -0.406 e. The molecule has 1 atom stereocenters. The Kier molecular flexibility index (Phi) is 4.85. The zero-order valence-corrected chi connectivity index (χ0v) is 14.1. The summed E-state index contributed by atoms with van der Waals surface area (Å²) in [4.78, 5) is 16.2. The number of ether oxygens (including phenoxy) is 1. The van der Waals surface area contributed by atoms with Crippen LogP contribution in [0.4, 0.5) is 23.8 Å². The van der Waals surface area contributed by atoms with Crippen molar-refractivity contribution < 1.29 is 22.7 Å². The van der Waals surface area contributed by atoms with E-state index in [2.05, 4.69) is 20.4 Å². The molecule has 0 spiro atoms. The summed E-state index contributed by atoms with van der Waals surface area (Å²) >= 11 is 1.28. The number of hydrogen-bond acceptors (Lipinski definition) is 4. The normalized spacial score (nSPS) is 15.5. The topological polar surface area (TPSA) is 63.2 Å². The molecule has 1 heterocycles. The van der Waals surface area contributed by atoms with Crippen molar-refractivity contribution in [1.29, 1.82) is 0 Å². The predicted molar refractivity (Wildman–Crippen MR) is 88.6 cm³/mol. The van der Waals surface area contributed by atoms with Gasteiger partial charge in [0.15, 0.2) is 0 Å². The van der Waals surface area contributed by atoms with Crippen molar-refractivity contribution in [2.75, 3.05) is 5.32 Å². The van der Waals surface area contributed by atoms with E-state index in [1.54, 1.807) is 5.38 Å². The monoisotopic (exact) mass is 371 g/mol. The highest BCUT2D eigenvalue weighted by molar-refractivity contribution is 7.13. The molecule has 134 valence electrons. The third-order valence-corrected chi connectivity index (χ3v) is 4.66. The summed E-state index contributed by atoms with van der Waals surface area (Å²) in [7, 11) is 0. The largest absolute Gasteiger partial charge is 0.573 e. The molecule has 5 nitrogen and oxygen atoms in total. The molecular formula is C16H16F3N3O2S. The molecule has 2 aromatic rings. The van der Waals surface area contributed by atoms with Gasteiger partial charge in [0.1, 0.15) is 16.6 Å². The number of benzene rings is 1. The molecule has 1 aromatic heterocycles. The van der Waals surface area contributed by atoms with Gasteiger partial charge in [-0.15, -0.1) is 24.5 Å². The van der Waals surface area contributed by atoms with E-state index in [0.717, 1.165) is 12.8 Å². The van der Waals surface area contributed by atoms with Gasteiger partial charge >= 0.3 is 12.4 Å². The number of aromatic nitrogens is 1. The SMILES string of the molecule is C[C@H](NC(=O)Nc1csc(-c2ccc(OC(F)(F)F)cc2)n1)C1CC1. The molecule has 2 N–H and O–H groups in total. The molecule has 1 saturated carbocycles. The number of halogens is 3. The van der Waals surface area contributed by atoms with Crippen LogP contribution in [0.2, 0.25) is 0 Å². The lowest BCUT2D eigenvalue weighted by Gasteiger charge is -2.12. The van der Waals surface area contributed by atoms with Crippen molar-refractivity contribution in [3.8, 4) is 16.3 Å². The Morgan fingerprint density at radius 3 is 2.60 bits per heavy atom. The van der Waals surface area contributed by atoms with Gasteiger partial charge in [-0.25, -0.2) is 9.78 Å². The standard InChI is InChI=1S/C16H16F3N3O2S/c1-9(10-2-3-10)20-15(23)22-13-8-25-14(21-13)11-4-6-12(7-5-11)24-16(17,18)19/h4-10H,2-3H2,1H3,(H2,20,22,23)/t9-/m0/s1. The first-order valence-corrected chi connectivity index (χ1v) is 8.57. The maximum atomic E-state index is 12.2. The van der Waals surface area contributed by atoms with Crippen LogP contribution in [0.5, 0.6) is 5.75 Å². The molecule has 9 heteroatoms. The first kappa shape index (κ1) is 17.5. The van der Waals surface area contributed by atoms with Crippen LogP contribution in [0.1, 0.15) is 19.8 Å². The first-order valence-electron chi connectivity index (χ1n) is 7.69. The second-order valence-electron chi connectivity index (χ2n) is 5.83. The number of rotatable bonds is 5. The smallest absolute Gasteiger partial charge is 0.406 e. The van der Waals surface area contributed by atoms with Gasteiger partial charge in [-0.2, -0.15) is 0 Å². The highest BCUT2D eigenvalue weighted by atomic mass is 32.1. The Bertz CT molecular complexity index is 742. The fourth-order valence-corrected chi connectivity index (χ4v) is 3.09. The summed E-state index contributed by atoms with van der Waals surface area (Å²) in [5.41, 5.74) is 0.638. The lowest BCUT2D eigenvalue weighted by molar-refractivity contribution is -0.274. The van der Waals surface area contributed by atoms with Gasteiger partial charge in [0.25, 0.3) is 0 Å². The van der Waals surface area contributed by atoms with E-state index in [9.17, 15) is 18.0 Å². The van der Waals surface area contributed by atoms with Crippen LogP contribution in [0, 0.1) is 5.92 Å². The fraction of sp³-hybridized carbons (Fsp3) is 0.375. The van der Waals surface area contributed by atoms with E-state index in [1.807, 2.05) is 6.92 Å². The number of amides is 2. The number of carbonyl (C=O) groups is 1. The third-order valence-electron chi connectivity index (χ3n) is 3.77. The van der Waals surface area contributed by atoms with E-state index in [0.29, 0.717) is 22.3 Å². The highest BCUT2D eigenvalue weighted by Gasteiger charge is 2.31. The number of anilines is 1. The fourth-order valence-electron chi connectivity index (χ4n) is 2.34. The van der Waals surface area contributed by atoms with Crippen LogP contribution in [0.15, 0.2) is 29.6 Å². The van der Waals surface area contributed by atoms with Gasteiger partial charge in [-0.05, 0) is 49.9 Å². The van der Waals surface area contributed by atoms with Gasteiger partial charge in [-0.3, -0.25) is 5.32 Å². The van der Waals surface area contributed by atoms with Gasteiger partial charge in [0.05, 0.1) is 0 Å². The summed E-state index contributed by atoms with van der Waals surface area (Å²) in [6.07, 6.45) is -2.45. The Morgan fingerprint density at radius 1 is 1.32 bits per heavy atom. The van der Waals surface area contributed by atoms with Crippen LogP contribution in [-0.2, 0) is 0 Å². The van der Waals surface area contributed by atoms with Crippen molar-refractivity contribution in [3.05, 3.63) is 29.6 Å². The Balaban J connectivity index is 1.59. The van der Waals surface area contributed by atoms with Crippen molar-refractivity contribution in [2.45, 2.75) is 32.2 Å². The number of nitrogens with one attached hydrogen (secondary N) is 2. The molecule has 2 amide bonds. The number of thiazole rings is 1. The van der Waals surface area contributed by atoms with Gasteiger partial charge < -0.3 is 10.1 Å². The number of urea groups is 1. The predicted octanol–water partition coefficient (Wildman–Crippen LogP) is 4.63. The molecule has 1 aromatic carbocycles. The molecule has 1 aliphatic rings. The Morgan fingerprint density at radius 2 is 2.00 bits per heavy atom.